The second kappa shape index (κ2) is 7.99. The van der Waals surface area contributed by atoms with Gasteiger partial charge in [-0.2, -0.15) is 0 Å². The zero-order chi connectivity index (χ0) is 15.9. The van der Waals surface area contributed by atoms with Gasteiger partial charge in [0.15, 0.2) is 0 Å². The first-order chi connectivity index (χ1) is 10.6. The van der Waals surface area contributed by atoms with Gasteiger partial charge in [0.05, 0.1) is 11.3 Å². The second-order valence-electron chi connectivity index (χ2n) is 5.22. The van der Waals surface area contributed by atoms with Crippen LogP contribution in [0, 0.1) is 5.82 Å². The van der Waals surface area contributed by atoms with Crippen molar-refractivity contribution in [3.05, 3.63) is 71.5 Å². The molecule has 0 aliphatic rings. The van der Waals surface area contributed by atoms with Crippen LogP contribution in [-0.4, -0.2) is 11.2 Å². The van der Waals surface area contributed by atoms with Crippen LogP contribution in [0.5, 0.6) is 0 Å². The predicted molar refractivity (Wildman–Crippen MR) is 90.2 cm³/mol. The normalized spacial score (nSPS) is 13.4. The Morgan fingerprint density at radius 3 is 2.36 bits per heavy atom. The van der Waals surface area contributed by atoms with Gasteiger partial charge >= 0.3 is 0 Å². The van der Waals surface area contributed by atoms with E-state index in [0.717, 1.165) is 11.3 Å². The minimum atomic E-state index is -0.269. The lowest BCUT2D eigenvalue weighted by Crippen LogP contribution is -2.33. The summed E-state index contributed by atoms with van der Waals surface area (Å²) in [7, 11) is 0. The minimum Gasteiger partial charge on any atom is -0.349 e. The van der Waals surface area contributed by atoms with Gasteiger partial charge in [-0.25, -0.2) is 4.39 Å². The molecule has 0 unspecified atom stereocenters. The summed E-state index contributed by atoms with van der Waals surface area (Å²) in [5.74, 6) is 0.534. The van der Waals surface area contributed by atoms with Crippen LogP contribution in [0.4, 0.5) is 4.39 Å². The van der Waals surface area contributed by atoms with Crippen LogP contribution in [0.25, 0.3) is 0 Å². The van der Waals surface area contributed by atoms with Crippen LogP contribution in [-0.2, 0) is 10.5 Å². The molecule has 2 rings (SSSR count). The molecule has 0 aromatic heterocycles. The van der Waals surface area contributed by atoms with Crippen LogP contribution in [0.2, 0.25) is 0 Å². The lowest BCUT2D eigenvalue weighted by Gasteiger charge is -2.18. The van der Waals surface area contributed by atoms with Crippen molar-refractivity contribution in [2.45, 2.75) is 30.9 Å². The Bertz CT molecular complexity index is 600. The van der Waals surface area contributed by atoms with Crippen molar-refractivity contribution in [3.8, 4) is 0 Å². The molecule has 0 saturated carbocycles. The van der Waals surface area contributed by atoms with E-state index < -0.39 is 0 Å². The number of carbonyl (C=O) groups is 1. The molecule has 2 aromatic rings. The molecular weight excluding hydrogens is 297 g/mol. The summed E-state index contributed by atoms with van der Waals surface area (Å²) in [5, 5.41) is 2.83. The number of halogens is 1. The van der Waals surface area contributed by atoms with E-state index in [4.69, 9.17) is 0 Å². The summed E-state index contributed by atoms with van der Waals surface area (Å²) >= 11 is 1.61. The zero-order valence-corrected chi connectivity index (χ0v) is 13.6. The van der Waals surface area contributed by atoms with Crippen LogP contribution in [0.3, 0.4) is 0 Å². The number of nitrogens with one attached hydrogen (secondary N) is 1. The number of rotatable bonds is 6. The molecule has 2 aromatic carbocycles. The van der Waals surface area contributed by atoms with Crippen LogP contribution < -0.4 is 5.32 Å². The van der Waals surface area contributed by atoms with E-state index >= 15 is 0 Å². The number of amides is 1. The van der Waals surface area contributed by atoms with Gasteiger partial charge in [-0.15, -0.1) is 11.8 Å². The Hall–Kier alpha value is -1.81. The highest BCUT2D eigenvalue weighted by Gasteiger charge is 2.16. The molecule has 4 heteroatoms. The lowest BCUT2D eigenvalue weighted by atomic mass is 10.1. The third-order valence-electron chi connectivity index (χ3n) is 3.44. The van der Waals surface area contributed by atoms with Crippen molar-refractivity contribution in [1.82, 2.24) is 5.32 Å². The Morgan fingerprint density at radius 2 is 1.73 bits per heavy atom. The van der Waals surface area contributed by atoms with Crippen molar-refractivity contribution in [2.75, 3.05) is 0 Å². The van der Waals surface area contributed by atoms with Gasteiger partial charge in [-0.3, -0.25) is 4.79 Å². The van der Waals surface area contributed by atoms with Crippen molar-refractivity contribution in [2.24, 2.45) is 0 Å². The Balaban J connectivity index is 1.84. The Labute approximate surface area is 135 Å². The van der Waals surface area contributed by atoms with E-state index in [1.54, 1.807) is 23.9 Å². The van der Waals surface area contributed by atoms with Crippen LogP contribution in [0.1, 0.15) is 31.0 Å². The van der Waals surface area contributed by atoms with E-state index in [9.17, 15) is 9.18 Å². The zero-order valence-electron chi connectivity index (χ0n) is 12.8. The fourth-order valence-corrected chi connectivity index (χ4v) is 2.89. The molecule has 22 heavy (non-hydrogen) atoms. The average molecular weight is 317 g/mol. The largest absolute Gasteiger partial charge is 0.349 e. The number of thioether (sulfide) groups is 1. The first-order valence-corrected chi connectivity index (χ1v) is 8.32. The summed E-state index contributed by atoms with van der Waals surface area (Å²) in [5.41, 5.74) is 2.11. The molecule has 0 spiro atoms. The van der Waals surface area contributed by atoms with E-state index in [-0.39, 0.29) is 23.0 Å². The minimum absolute atomic E-state index is 0.00208. The van der Waals surface area contributed by atoms with Gasteiger partial charge in [0.1, 0.15) is 5.82 Å². The molecule has 0 aliphatic carbocycles. The first kappa shape index (κ1) is 16.6. The summed E-state index contributed by atoms with van der Waals surface area (Å²) in [6.07, 6.45) is 0. The fourth-order valence-electron chi connectivity index (χ4n) is 2.04. The quantitative estimate of drug-likeness (QED) is 0.859. The van der Waals surface area contributed by atoms with Gasteiger partial charge in [-0.1, -0.05) is 42.5 Å². The molecule has 0 bridgehead atoms. The molecule has 2 atom stereocenters. The second-order valence-corrected chi connectivity index (χ2v) is 6.55. The summed E-state index contributed by atoms with van der Waals surface area (Å²) in [6.45, 7) is 3.81. The van der Waals surface area contributed by atoms with Crippen molar-refractivity contribution in [1.29, 1.82) is 0 Å². The molecule has 0 radical (unpaired) electrons. The topological polar surface area (TPSA) is 29.1 Å². The van der Waals surface area contributed by atoms with Gasteiger partial charge in [0.2, 0.25) is 5.91 Å². The van der Waals surface area contributed by atoms with E-state index in [1.807, 2.05) is 32.0 Å². The smallest absolute Gasteiger partial charge is 0.233 e. The van der Waals surface area contributed by atoms with Crippen LogP contribution in [0.15, 0.2) is 54.6 Å². The highest BCUT2D eigenvalue weighted by Crippen LogP contribution is 2.19. The van der Waals surface area contributed by atoms with Crippen molar-refractivity contribution in [3.63, 3.8) is 0 Å². The van der Waals surface area contributed by atoms with Gasteiger partial charge < -0.3 is 5.32 Å². The number of carbonyl (C=O) groups excluding carboxylic acids is 1. The monoisotopic (exact) mass is 317 g/mol. The van der Waals surface area contributed by atoms with E-state index in [0.29, 0.717) is 0 Å². The van der Waals surface area contributed by atoms with Crippen molar-refractivity contribution >= 4 is 17.7 Å². The number of hydrogen-bond donors (Lipinski definition) is 1. The molecule has 0 fully saturated rings. The SMILES string of the molecule is C[C@@H](SCc1ccccc1)C(=O)N[C@H](C)c1ccc(F)cc1. The maximum absolute atomic E-state index is 12.9. The van der Waals surface area contributed by atoms with Crippen molar-refractivity contribution < 1.29 is 9.18 Å². The maximum atomic E-state index is 12.9. The number of benzene rings is 2. The summed E-state index contributed by atoms with van der Waals surface area (Å²) < 4.78 is 12.9. The molecular formula is C18H20FNOS. The molecule has 2 nitrogen and oxygen atoms in total. The first-order valence-electron chi connectivity index (χ1n) is 7.27. The fraction of sp³-hybridized carbons (Fsp3) is 0.278. The van der Waals surface area contributed by atoms with E-state index in [1.165, 1.54) is 17.7 Å². The molecule has 0 saturated heterocycles. The Kier molecular flexibility index (Phi) is 6.01. The number of hydrogen-bond acceptors (Lipinski definition) is 2. The maximum Gasteiger partial charge on any atom is 0.233 e. The molecule has 0 aliphatic heterocycles. The van der Waals surface area contributed by atoms with Gasteiger partial charge in [0, 0.05) is 5.75 Å². The molecule has 1 amide bonds. The highest BCUT2D eigenvalue weighted by atomic mass is 32.2. The average Bonchev–Trinajstić information content (AvgIpc) is 2.54. The highest BCUT2D eigenvalue weighted by molar-refractivity contribution is 7.99. The van der Waals surface area contributed by atoms with E-state index in [2.05, 4.69) is 17.4 Å². The predicted octanol–water partition coefficient (Wildman–Crippen LogP) is 4.32. The Morgan fingerprint density at radius 1 is 1.09 bits per heavy atom. The third-order valence-corrected chi connectivity index (χ3v) is 4.65. The molecule has 0 heterocycles. The standard InChI is InChI=1S/C18H20FNOS/c1-13(16-8-10-17(19)11-9-16)20-18(21)14(2)22-12-15-6-4-3-5-7-15/h3-11,13-14H,12H2,1-2H3,(H,20,21)/t13-,14-/m1/s1. The van der Waals surface area contributed by atoms with Crippen LogP contribution >= 0.6 is 11.8 Å². The lowest BCUT2D eigenvalue weighted by molar-refractivity contribution is -0.120. The van der Waals surface area contributed by atoms with Gasteiger partial charge in [0.25, 0.3) is 0 Å². The summed E-state index contributed by atoms with van der Waals surface area (Å²) in [6, 6.07) is 16.2. The molecule has 1 N–H and O–H groups in total. The molecule has 116 valence electrons. The third kappa shape index (κ3) is 4.88. The summed E-state index contributed by atoms with van der Waals surface area (Å²) in [4.78, 5) is 12.2. The van der Waals surface area contributed by atoms with Gasteiger partial charge in [-0.05, 0) is 37.1 Å².